The third-order valence-electron chi connectivity index (χ3n) is 7.20. The van der Waals surface area contributed by atoms with E-state index in [-0.39, 0.29) is 31.6 Å². The van der Waals surface area contributed by atoms with E-state index in [2.05, 4.69) is 28.1 Å². The summed E-state index contributed by atoms with van der Waals surface area (Å²) in [5, 5.41) is 18.6. The highest BCUT2D eigenvalue weighted by Gasteiger charge is 2.47. The van der Waals surface area contributed by atoms with Crippen molar-refractivity contribution in [2.24, 2.45) is 11.1 Å². The molecule has 32 heavy (non-hydrogen) atoms. The van der Waals surface area contributed by atoms with E-state index in [1.54, 1.807) is 0 Å². The Labute approximate surface area is 189 Å². The molecular weight excluding hydrogens is 404 g/mol. The Balaban J connectivity index is 0.00000245. The van der Waals surface area contributed by atoms with E-state index in [1.807, 2.05) is 26.0 Å². The van der Waals surface area contributed by atoms with E-state index in [4.69, 9.17) is 20.4 Å². The summed E-state index contributed by atoms with van der Waals surface area (Å²) in [5.74, 6) is 0.774. The molecule has 0 bridgehead atoms. The van der Waals surface area contributed by atoms with Gasteiger partial charge in [0.2, 0.25) is 0 Å². The zero-order valence-corrected chi connectivity index (χ0v) is 18.4. The maximum absolute atomic E-state index is 10.1. The maximum Gasteiger partial charge on any atom is 0.153 e. The summed E-state index contributed by atoms with van der Waals surface area (Å²) in [4.78, 5) is 11.9. The first kappa shape index (κ1) is 22.6. The fourth-order valence-electron chi connectivity index (χ4n) is 5.10. The van der Waals surface area contributed by atoms with Gasteiger partial charge < -0.3 is 20.5 Å². The van der Waals surface area contributed by atoms with Crippen molar-refractivity contribution >= 4 is 16.7 Å². The molecule has 2 aromatic heterocycles. The summed E-state index contributed by atoms with van der Waals surface area (Å²) in [6, 6.07) is 6.18. The average molecular weight is 439 g/mol. The van der Waals surface area contributed by atoms with Crippen LogP contribution in [0.3, 0.4) is 0 Å². The number of piperidine rings is 1. The first-order valence-electron chi connectivity index (χ1n) is 11.0. The number of aromatic amines is 1. The van der Waals surface area contributed by atoms with Crippen LogP contribution < -0.4 is 10.6 Å². The van der Waals surface area contributed by atoms with Crippen LogP contribution in [-0.2, 0) is 11.3 Å². The molecule has 1 aromatic carbocycles. The summed E-state index contributed by atoms with van der Waals surface area (Å²) >= 11 is 0. The molecule has 0 saturated carbocycles. The van der Waals surface area contributed by atoms with Gasteiger partial charge in [-0.15, -0.1) is 0 Å². The van der Waals surface area contributed by atoms with Crippen molar-refractivity contribution in [2.75, 3.05) is 24.6 Å². The Morgan fingerprint density at radius 3 is 2.66 bits per heavy atom. The number of hydrogen-bond acceptors (Lipinski definition) is 7. The molecule has 0 amide bonds. The molecule has 0 aliphatic carbocycles. The Hall–Kier alpha value is -2.55. The van der Waals surface area contributed by atoms with Crippen LogP contribution in [-0.4, -0.2) is 57.1 Å². The first-order valence-corrected chi connectivity index (χ1v) is 11.0. The number of aromatic nitrogens is 4. The highest BCUT2D eigenvalue weighted by Crippen LogP contribution is 2.42. The molecule has 8 nitrogen and oxygen atoms in total. The lowest BCUT2D eigenvalue weighted by molar-refractivity contribution is 0.0973. The molecule has 0 unspecified atom stereocenters. The number of nitrogens with zero attached hydrogens (tertiary/aromatic N) is 4. The van der Waals surface area contributed by atoms with E-state index in [9.17, 15) is 5.11 Å². The van der Waals surface area contributed by atoms with E-state index in [1.165, 1.54) is 0 Å². The Morgan fingerprint density at radius 1 is 1.25 bits per heavy atom. The van der Waals surface area contributed by atoms with Crippen LogP contribution in [0.25, 0.3) is 22.2 Å². The van der Waals surface area contributed by atoms with E-state index >= 15 is 0 Å². The number of anilines is 1. The molecule has 2 aliphatic rings. The number of nitrogens with one attached hydrogen (secondary N) is 1. The van der Waals surface area contributed by atoms with Gasteiger partial charge in [0.25, 0.3) is 0 Å². The van der Waals surface area contributed by atoms with Crippen molar-refractivity contribution in [1.29, 1.82) is 0 Å². The van der Waals surface area contributed by atoms with Gasteiger partial charge in [0.15, 0.2) is 5.82 Å². The first-order chi connectivity index (χ1) is 14.9. The van der Waals surface area contributed by atoms with Crippen molar-refractivity contribution in [1.82, 2.24) is 20.2 Å². The lowest BCUT2D eigenvalue weighted by Crippen LogP contribution is -2.51. The zero-order valence-electron chi connectivity index (χ0n) is 18.4. The predicted molar refractivity (Wildman–Crippen MR) is 127 cm³/mol. The normalized spacial score (nSPS) is 22.5. The number of aliphatic hydroxyl groups is 1. The van der Waals surface area contributed by atoms with Gasteiger partial charge >= 0.3 is 0 Å². The second-order valence-corrected chi connectivity index (χ2v) is 9.06. The van der Waals surface area contributed by atoms with Crippen LogP contribution in [0.15, 0.2) is 18.2 Å². The van der Waals surface area contributed by atoms with Crippen molar-refractivity contribution in [3.05, 3.63) is 35.3 Å². The van der Waals surface area contributed by atoms with Gasteiger partial charge in [-0.25, -0.2) is 9.97 Å². The molecule has 0 radical (unpaired) electrons. The minimum atomic E-state index is -0.152. The van der Waals surface area contributed by atoms with Crippen LogP contribution in [0.2, 0.25) is 0 Å². The fourth-order valence-corrected chi connectivity index (χ4v) is 5.10. The van der Waals surface area contributed by atoms with Gasteiger partial charge in [-0.05, 0) is 39.7 Å². The summed E-state index contributed by atoms with van der Waals surface area (Å²) in [7, 11) is 0. The van der Waals surface area contributed by atoms with Gasteiger partial charge in [-0.3, -0.25) is 5.10 Å². The zero-order chi connectivity index (χ0) is 21.8. The molecule has 5 rings (SSSR count). The highest BCUT2D eigenvalue weighted by atomic mass is 16.5. The number of benzene rings is 1. The summed E-state index contributed by atoms with van der Waals surface area (Å²) < 4.78 is 5.84. The number of fused-ring (bicyclic) bond motifs is 1. The molecule has 8 heteroatoms. The number of aryl methyl sites for hydroxylation is 2. The van der Waals surface area contributed by atoms with Gasteiger partial charge in [0.05, 0.1) is 36.2 Å². The van der Waals surface area contributed by atoms with Crippen molar-refractivity contribution < 1.29 is 9.84 Å². The molecule has 4 heterocycles. The predicted octanol–water partition coefficient (Wildman–Crippen LogP) is 3.10. The number of rotatable bonds is 3. The van der Waals surface area contributed by atoms with Crippen molar-refractivity contribution in [2.45, 2.75) is 59.8 Å². The SMILES string of the molecule is C.Cc1nc(N2CCC3(CC2)CO[C@@H](C)[C@H]3N)c(CO)nc1-c1ccc2c(C)[nH]nc2c1. The third-order valence-corrected chi connectivity index (χ3v) is 7.20. The number of nitrogens with two attached hydrogens (primary N) is 1. The lowest BCUT2D eigenvalue weighted by atomic mass is 9.73. The molecule has 172 valence electrons. The van der Waals surface area contributed by atoms with E-state index < -0.39 is 0 Å². The van der Waals surface area contributed by atoms with Crippen molar-refractivity contribution in [3.8, 4) is 11.3 Å². The van der Waals surface area contributed by atoms with E-state index in [0.29, 0.717) is 5.69 Å². The number of hydrogen-bond donors (Lipinski definition) is 3. The summed E-state index contributed by atoms with van der Waals surface area (Å²) in [6.07, 6.45) is 2.03. The minimum Gasteiger partial charge on any atom is -0.390 e. The van der Waals surface area contributed by atoms with Gasteiger partial charge in [-0.2, -0.15) is 5.10 Å². The molecule has 2 fully saturated rings. The van der Waals surface area contributed by atoms with Crippen LogP contribution in [0.5, 0.6) is 0 Å². The molecule has 4 N–H and O–H groups in total. The third kappa shape index (κ3) is 3.56. The summed E-state index contributed by atoms with van der Waals surface area (Å²) in [6.45, 7) is 8.29. The second-order valence-electron chi connectivity index (χ2n) is 9.06. The Bertz CT molecular complexity index is 1120. The number of aliphatic hydroxyl groups excluding tert-OH is 1. The molecular formula is C24H34N6O2. The largest absolute Gasteiger partial charge is 0.390 e. The van der Waals surface area contributed by atoms with Crippen molar-refractivity contribution in [3.63, 3.8) is 0 Å². The highest BCUT2D eigenvalue weighted by molar-refractivity contribution is 5.85. The Kier molecular flexibility index (Phi) is 5.96. The lowest BCUT2D eigenvalue weighted by Gasteiger charge is -2.42. The smallest absolute Gasteiger partial charge is 0.153 e. The second kappa shape index (κ2) is 8.42. The number of ether oxygens (including phenoxy) is 1. The molecule has 2 saturated heterocycles. The van der Waals surface area contributed by atoms with Crippen LogP contribution in [0.4, 0.5) is 5.82 Å². The fraction of sp³-hybridized carbons (Fsp3) is 0.542. The molecule has 3 aromatic rings. The van der Waals surface area contributed by atoms with E-state index in [0.717, 1.165) is 71.9 Å². The average Bonchev–Trinajstić information content (AvgIpc) is 3.29. The van der Waals surface area contributed by atoms with Gasteiger partial charge in [0.1, 0.15) is 5.69 Å². The Morgan fingerprint density at radius 2 is 2.00 bits per heavy atom. The van der Waals surface area contributed by atoms with Gasteiger partial charge in [0, 0.05) is 41.2 Å². The van der Waals surface area contributed by atoms with Gasteiger partial charge in [-0.1, -0.05) is 19.6 Å². The molecule has 2 atom stereocenters. The topological polar surface area (TPSA) is 113 Å². The van der Waals surface area contributed by atoms with Crippen LogP contribution in [0.1, 0.15) is 44.3 Å². The minimum absolute atomic E-state index is 0. The molecule has 2 aliphatic heterocycles. The maximum atomic E-state index is 10.1. The monoisotopic (exact) mass is 438 g/mol. The number of H-pyrrole nitrogens is 1. The quantitative estimate of drug-likeness (QED) is 0.576. The van der Waals surface area contributed by atoms with Crippen LogP contribution in [0, 0.1) is 19.3 Å². The summed E-state index contributed by atoms with van der Waals surface area (Å²) in [5.41, 5.74) is 11.6. The molecule has 1 spiro atoms. The van der Waals surface area contributed by atoms with Crippen LogP contribution >= 0.6 is 0 Å². The standard InChI is InChI=1S/C23H30N6O2.CH4/c1-13-17-5-4-16(10-18(17)28-27-13)20-14(2)25-22(19(11-30)26-20)29-8-6-23(7-9-29)12-31-15(3)21(23)24;/h4-5,10,15,21,30H,6-9,11-12,24H2,1-3H3,(H,27,28);1H4/t15-,21+;/m0./s1.